The van der Waals surface area contributed by atoms with Crippen molar-refractivity contribution in [3.63, 3.8) is 0 Å². The number of carbonyl (C=O) groups is 1. The molecule has 0 aliphatic carbocycles. The number of aromatic nitrogens is 3. The molecule has 2 heterocycles. The first-order valence-electron chi connectivity index (χ1n) is 8.11. The lowest BCUT2D eigenvalue weighted by atomic mass is 10.1. The summed E-state index contributed by atoms with van der Waals surface area (Å²) in [6.07, 6.45) is 4.38. The van der Waals surface area contributed by atoms with Crippen molar-refractivity contribution in [2.45, 2.75) is 11.8 Å². The van der Waals surface area contributed by atoms with E-state index in [0.717, 1.165) is 16.9 Å². The van der Waals surface area contributed by atoms with E-state index in [1.807, 2.05) is 0 Å². The van der Waals surface area contributed by atoms with Crippen molar-refractivity contribution in [2.75, 3.05) is 10.8 Å². The first-order valence-corrected chi connectivity index (χ1v) is 8.85. The second kappa shape index (κ2) is 9.36. The molecule has 0 aliphatic heterocycles. The van der Waals surface area contributed by atoms with Crippen molar-refractivity contribution in [2.24, 2.45) is 0 Å². The monoisotopic (exact) mass is 410 g/mol. The smallest absolute Gasteiger partial charge is 0.270 e. The highest BCUT2D eigenvalue weighted by Crippen LogP contribution is 2.23. The van der Waals surface area contributed by atoms with Gasteiger partial charge in [-0.25, -0.2) is 15.4 Å². The maximum Gasteiger partial charge on any atom is 0.270 e. The van der Waals surface area contributed by atoms with Gasteiger partial charge in [0.05, 0.1) is 23.8 Å². The highest BCUT2D eigenvalue weighted by atomic mass is 32.2. The van der Waals surface area contributed by atoms with Gasteiger partial charge in [0.25, 0.3) is 5.91 Å². The molecule has 0 radical (unpaired) electrons. The van der Waals surface area contributed by atoms with Crippen molar-refractivity contribution in [3.05, 3.63) is 65.8 Å². The molecule has 0 atom stereocenters. The van der Waals surface area contributed by atoms with Crippen LogP contribution in [-0.2, 0) is 9.08 Å². The van der Waals surface area contributed by atoms with Crippen LogP contribution < -0.4 is 10.8 Å². The minimum atomic E-state index is -0.759. The number of amides is 1. The van der Waals surface area contributed by atoms with Crippen LogP contribution in [0.15, 0.2) is 63.9 Å². The second-order valence-corrected chi connectivity index (χ2v) is 6.26. The standard InChI is InChI=1S/C18H14N6O4S/c1-11-15(10-22-27-11)16(25)14(9-19)17(26)23-12-3-5-13(6-4-12)29-28-24-18-20-7-2-8-21-18/h2-8,10,25H,1H3,(H,23,26)(H,20,21,24)/b16-14-. The molecular formula is C18H14N6O4S. The molecule has 0 unspecified atom stereocenters. The number of carbonyl (C=O) groups excluding carboxylic acids is 1. The predicted octanol–water partition coefficient (Wildman–Crippen LogP) is 3.26. The number of nitriles is 1. The molecular weight excluding hydrogens is 396 g/mol. The van der Waals surface area contributed by atoms with Crippen LogP contribution in [0.4, 0.5) is 11.6 Å². The Morgan fingerprint density at radius 1 is 1.28 bits per heavy atom. The van der Waals surface area contributed by atoms with Gasteiger partial charge in [0.2, 0.25) is 5.95 Å². The topological polar surface area (TPSA) is 146 Å². The zero-order valence-electron chi connectivity index (χ0n) is 15.0. The number of aryl methyl sites for hydroxylation is 1. The van der Waals surface area contributed by atoms with E-state index in [0.29, 0.717) is 17.4 Å². The maximum absolute atomic E-state index is 12.3. The number of aliphatic hydroxyl groups excluding tert-OH is 1. The van der Waals surface area contributed by atoms with E-state index in [1.165, 1.54) is 6.20 Å². The summed E-state index contributed by atoms with van der Waals surface area (Å²) in [5.41, 5.74) is 2.74. The Bertz CT molecular complexity index is 1060. The van der Waals surface area contributed by atoms with E-state index in [9.17, 15) is 15.2 Å². The van der Waals surface area contributed by atoms with Crippen LogP contribution in [0.1, 0.15) is 11.3 Å². The molecule has 10 nitrogen and oxygen atoms in total. The van der Waals surface area contributed by atoms with E-state index in [-0.39, 0.29) is 5.56 Å². The molecule has 29 heavy (non-hydrogen) atoms. The van der Waals surface area contributed by atoms with Crippen LogP contribution >= 0.6 is 12.0 Å². The largest absolute Gasteiger partial charge is 0.506 e. The maximum atomic E-state index is 12.3. The molecule has 146 valence electrons. The van der Waals surface area contributed by atoms with Crippen molar-refractivity contribution in [1.82, 2.24) is 15.1 Å². The summed E-state index contributed by atoms with van der Waals surface area (Å²) in [6.45, 7) is 1.56. The van der Waals surface area contributed by atoms with Crippen LogP contribution in [0.3, 0.4) is 0 Å². The molecule has 3 N–H and O–H groups in total. The van der Waals surface area contributed by atoms with Crippen LogP contribution in [0.25, 0.3) is 5.76 Å². The first kappa shape index (κ1) is 19.9. The summed E-state index contributed by atoms with van der Waals surface area (Å²) in [7, 11) is 0. The molecule has 1 amide bonds. The highest BCUT2D eigenvalue weighted by molar-refractivity contribution is 7.94. The van der Waals surface area contributed by atoms with Gasteiger partial charge in [0, 0.05) is 23.0 Å². The Hall–Kier alpha value is -3.88. The van der Waals surface area contributed by atoms with Crippen molar-refractivity contribution in [3.8, 4) is 6.07 Å². The average Bonchev–Trinajstić information content (AvgIpc) is 3.16. The third-order valence-electron chi connectivity index (χ3n) is 3.53. The number of nitrogens with zero attached hydrogens (tertiary/aromatic N) is 4. The summed E-state index contributed by atoms with van der Waals surface area (Å²) in [6, 6.07) is 10.0. The fraction of sp³-hybridized carbons (Fsp3) is 0.0556. The van der Waals surface area contributed by atoms with Gasteiger partial charge in [-0.15, -0.1) is 0 Å². The Morgan fingerprint density at radius 3 is 2.62 bits per heavy atom. The minimum absolute atomic E-state index is 0.176. The molecule has 2 aromatic heterocycles. The lowest BCUT2D eigenvalue weighted by Crippen LogP contribution is -2.15. The molecule has 0 aliphatic rings. The van der Waals surface area contributed by atoms with Crippen molar-refractivity contribution < 1.29 is 18.7 Å². The number of benzene rings is 1. The van der Waals surface area contributed by atoms with Gasteiger partial charge >= 0.3 is 0 Å². The van der Waals surface area contributed by atoms with Gasteiger partial charge in [-0.05, 0) is 37.3 Å². The third-order valence-corrected chi connectivity index (χ3v) is 4.16. The SMILES string of the molecule is Cc1oncc1/C(O)=C(\C#N)C(=O)Nc1ccc(SONc2ncccn2)cc1. The van der Waals surface area contributed by atoms with Gasteiger partial charge in [0.15, 0.2) is 11.3 Å². The molecule has 0 fully saturated rings. The normalized spacial score (nSPS) is 11.3. The zero-order valence-corrected chi connectivity index (χ0v) is 15.8. The van der Waals surface area contributed by atoms with Crippen LogP contribution in [0.2, 0.25) is 0 Å². The van der Waals surface area contributed by atoms with Crippen LogP contribution in [0, 0.1) is 18.3 Å². The quantitative estimate of drug-likeness (QED) is 0.174. The summed E-state index contributed by atoms with van der Waals surface area (Å²) < 4.78 is 10.1. The van der Waals surface area contributed by atoms with Crippen molar-refractivity contribution in [1.29, 1.82) is 5.26 Å². The van der Waals surface area contributed by atoms with Gasteiger partial charge in [-0.2, -0.15) is 9.55 Å². The van der Waals surface area contributed by atoms with E-state index >= 15 is 0 Å². The zero-order chi connectivity index (χ0) is 20.6. The lowest BCUT2D eigenvalue weighted by molar-refractivity contribution is -0.112. The van der Waals surface area contributed by atoms with E-state index in [1.54, 1.807) is 55.7 Å². The molecule has 0 saturated heterocycles. The molecule has 11 heteroatoms. The Labute approximate surface area is 169 Å². The number of anilines is 2. The van der Waals surface area contributed by atoms with Crippen molar-refractivity contribution >= 4 is 35.3 Å². The fourth-order valence-corrected chi connectivity index (χ4v) is 2.58. The highest BCUT2D eigenvalue weighted by Gasteiger charge is 2.20. The average molecular weight is 410 g/mol. The summed E-state index contributed by atoms with van der Waals surface area (Å²) in [5.74, 6) is -0.648. The summed E-state index contributed by atoms with van der Waals surface area (Å²) >= 11 is 1.04. The molecule has 1 aromatic carbocycles. The second-order valence-electron chi connectivity index (χ2n) is 5.45. The first-order chi connectivity index (χ1) is 14.1. The number of aliphatic hydroxyl groups is 1. The van der Waals surface area contributed by atoms with E-state index < -0.39 is 17.2 Å². The Morgan fingerprint density at radius 2 is 2.00 bits per heavy atom. The minimum Gasteiger partial charge on any atom is -0.506 e. The van der Waals surface area contributed by atoms with Gasteiger partial charge < -0.3 is 14.9 Å². The number of rotatable bonds is 7. The van der Waals surface area contributed by atoms with Gasteiger partial charge in [0.1, 0.15) is 11.8 Å². The lowest BCUT2D eigenvalue weighted by Gasteiger charge is -2.07. The molecule has 0 spiro atoms. The molecule has 0 bridgehead atoms. The number of nitrogens with one attached hydrogen (secondary N) is 2. The van der Waals surface area contributed by atoms with Gasteiger partial charge in [-0.1, -0.05) is 5.16 Å². The summed E-state index contributed by atoms with van der Waals surface area (Å²) in [4.78, 5) is 21.0. The van der Waals surface area contributed by atoms with Gasteiger partial charge in [-0.3, -0.25) is 4.79 Å². The Kier molecular flexibility index (Phi) is 6.41. The number of hydrogen-bond donors (Lipinski definition) is 3. The van der Waals surface area contributed by atoms with E-state index in [4.69, 9.17) is 8.81 Å². The molecule has 0 saturated carbocycles. The molecule has 3 aromatic rings. The van der Waals surface area contributed by atoms with Crippen LogP contribution in [-0.4, -0.2) is 26.1 Å². The Balaban J connectivity index is 1.60. The van der Waals surface area contributed by atoms with E-state index in [2.05, 4.69) is 25.9 Å². The van der Waals surface area contributed by atoms with Crippen LogP contribution in [0.5, 0.6) is 0 Å². The fourth-order valence-electron chi connectivity index (χ4n) is 2.12. The predicted molar refractivity (Wildman–Crippen MR) is 104 cm³/mol. The third kappa shape index (κ3) is 5.10. The number of hydrogen-bond acceptors (Lipinski definition) is 10. The molecule has 3 rings (SSSR count). The summed E-state index contributed by atoms with van der Waals surface area (Å²) in [5, 5.41) is 25.5.